The molecule has 0 aliphatic heterocycles. The fourth-order valence-electron chi connectivity index (χ4n) is 4.17. The Bertz CT molecular complexity index is 1080. The fraction of sp³-hybridized carbons (Fsp3) is 0.739. The fourth-order valence-corrected chi connectivity index (χ4v) is 5.40. The maximum atomic E-state index is 12.3. The molecule has 18 heteroatoms. The molecular weight excluding hydrogens is 602 g/mol. The second kappa shape index (κ2) is 18.8. The summed E-state index contributed by atoms with van der Waals surface area (Å²) in [4.78, 5) is 47.8. The number of hydrogen-bond acceptors (Lipinski definition) is 12. The first kappa shape index (κ1) is 34.6. The molecule has 2 amide bonds. The van der Waals surface area contributed by atoms with Gasteiger partial charge in [0.1, 0.15) is 28.2 Å². The first-order valence-corrected chi connectivity index (χ1v) is 15.8. The molecule has 2 rings (SSSR count). The molecule has 0 heterocycles. The maximum Gasteiger partial charge on any atom is 0.421 e. The summed E-state index contributed by atoms with van der Waals surface area (Å²) < 4.78 is 56.8. The minimum absolute atomic E-state index is 0.00688. The smallest absolute Gasteiger partial charge is 0.421 e. The molecular formula is C23H36N4O11P2S. The lowest BCUT2D eigenvalue weighted by molar-refractivity contribution is -0.141. The van der Waals surface area contributed by atoms with Crippen LogP contribution in [0.15, 0.2) is 4.52 Å². The Morgan fingerprint density at radius 3 is 2.24 bits per heavy atom. The van der Waals surface area contributed by atoms with Crippen molar-refractivity contribution in [3.63, 3.8) is 0 Å². The van der Waals surface area contributed by atoms with E-state index >= 15 is 0 Å². The summed E-state index contributed by atoms with van der Waals surface area (Å²) in [5, 5.41) is 0. The van der Waals surface area contributed by atoms with Crippen LogP contribution in [0.1, 0.15) is 32.6 Å². The molecule has 2 aliphatic carbocycles. The zero-order chi connectivity index (χ0) is 30.1. The van der Waals surface area contributed by atoms with E-state index in [1.54, 1.807) is 4.72 Å². The number of carbonyl (C=O) groups excluding carboxylic acids is 4. The molecule has 0 radical (unpaired) electrons. The Kier molecular flexibility index (Phi) is 15.9. The third kappa shape index (κ3) is 14.8. The molecule has 2 aliphatic rings. The predicted molar refractivity (Wildman–Crippen MR) is 149 cm³/mol. The highest BCUT2D eigenvalue weighted by Gasteiger charge is 2.49. The molecule has 2 N–H and O–H groups in total. The van der Waals surface area contributed by atoms with Crippen LogP contribution in [-0.2, 0) is 38.7 Å². The van der Waals surface area contributed by atoms with Crippen LogP contribution >= 0.6 is 17.8 Å². The number of amides is 2. The maximum absolute atomic E-state index is 12.3. The van der Waals surface area contributed by atoms with E-state index in [9.17, 15) is 27.6 Å². The Labute approximate surface area is 243 Å². The first-order chi connectivity index (χ1) is 19.6. The number of esters is 1. The van der Waals surface area contributed by atoms with Gasteiger partial charge in [0, 0.05) is 26.3 Å². The van der Waals surface area contributed by atoms with E-state index in [1.807, 2.05) is 9.39 Å². The average molecular weight is 639 g/mol. The van der Waals surface area contributed by atoms with Gasteiger partial charge in [0.25, 0.3) is 0 Å². The minimum Gasteiger partial charge on any atom is -0.464 e. The van der Waals surface area contributed by atoms with Gasteiger partial charge in [-0.3, -0.25) is 4.79 Å². The Morgan fingerprint density at radius 1 is 0.951 bits per heavy atom. The van der Waals surface area contributed by atoms with Crippen LogP contribution in [0, 0.1) is 29.6 Å². The predicted octanol–water partition coefficient (Wildman–Crippen LogP) is 2.06. The molecule has 41 heavy (non-hydrogen) atoms. The van der Waals surface area contributed by atoms with Crippen molar-refractivity contribution in [2.45, 2.75) is 32.6 Å². The van der Waals surface area contributed by atoms with Crippen molar-refractivity contribution in [3.05, 3.63) is 0 Å². The van der Waals surface area contributed by atoms with Crippen molar-refractivity contribution in [2.75, 3.05) is 59.3 Å². The summed E-state index contributed by atoms with van der Waals surface area (Å²) in [6.45, 7) is 0.802. The summed E-state index contributed by atoms with van der Waals surface area (Å²) in [6, 6.07) is 0. The number of fused-ring (bicyclic) bond motifs is 1. The van der Waals surface area contributed by atoms with Gasteiger partial charge < -0.3 is 28.6 Å². The summed E-state index contributed by atoms with van der Waals surface area (Å²) >= 11 is 0. The summed E-state index contributed by atoms with van der Waals surface area (Å²) in [5.74, 6) is 6.88. The second-order valence-corrected chi connectivity index (χ2v) is 11.9. The summed E-state index contributed by atoms with van der Waals surface area (Å²) in [6.07, 6.45) is 1.79. The van der Waals surface area contributed by atoms with Crippen molar-refractivity contribution in [2.24, 2.45) is 22.3 Å². The van der Waals surface area contributed by atoms with Gasteiger partial charge in [0.05, 0.1) is 32.9 Å². The lowest BCUT2D eigenvalue weighted by Crippen LogP contribution is -2.42. The number of nitrogens with zero attached hydrogens (tertiary/aromatic N) is 2. The van der Waals surface area contributed by atoms with Crippen molar-refractivity contribution < 1.29 is 51.3 Å². The molecule has 15 nitrogen and oxygen atoms in total. The standard InChI is InChI=1S/C23H36N4O11P2S/c1-17(28)35-12-9-27(10-13-37-23(31)40-26-39)22(30)36-15-14-34-11-8-24-41(32,33)25-21(29)38-16-20-18-6-4-2-3-5-7-19(18)20/h18-20,24H,4-16,39H2,1H3,(H,25,29)/t18-,19+,20-. The summed E-state index contributed by atoms with van der Waals surface area (Å²) in [5.41, 5.74) is -0.596. The number of carbonyl (C=O) groups is 4. The molecule has 0 bridgehead atoms. The highest BCUT2D eigenvalue weighted by molar-refractivity contribution is 7.88. The quantitative estimate of drug-likeness (QED) is 0.0780. The second-order valence-electron chi connectivity index (χ2n) is 8.90. The van der Waals surface area contributed by atoms with Crippen LogP contribution in [0.25, 0.3) is 0 Å². The van der Waals surface area contributed by atoms with Crippen LogP contribution in [0.2, 0.25) is 0 Å². The van der Waals surface area contributed by atoms with Gasteiger partial charge in [-0.15, -0.1) is 11.8 Å². The number of hydrogen-bond donors (Lipinski definition) is 2. The van der Waals surface area contributed by atoms with E-state index < -0.39 is 34.1 Å². The van der Waals surface area contributed by atoms with Crippen molar-refractivity contribution in [3.8, 4) is 11.8 Å². The number of ether oxygens (including phenoxy) is 5. The molecule has 0 aromatic heterocycles. The largest absolute Gasteiger partial charge is 0.464 e. The van der Waals surface area contributed by atoms with E-state index in [-0.39, 0.29) is 73.6 Å². The van der Waals surface area contributed by atoms with E-state index in [2.05, 4.69) is 21.1 Å². The van der Waals surface area contributed by atoms with Crippen molar-refractivity contribution in [1.82, 2.24) is 14.3 Å². The Morgan fingerprint density at radius 2 is 1.61 bits per heavy atom. The lowest BCUT2D eigenvalue weighted by Gasteiger charge is -2.21. The molecule has 1 saturated carbocycles. The third-order valence-electron chi connectivity index (χ3n) is 6.11. The van der Waals surface area contributed by atoms with E-state index in [0.29, 0.717) is 11.8 Å². The Hall–Kier alpha value is -2.56. The zero-order valence-electron chi connectivity index (χ0n) is 22.7. The molecule has 0 spiro atoms. The molecule has 230 valence electrons. The monoisotopic (exact) mass is 638 g/mol. The minimum atomic E-state index is -4.14. The average Bonchev–Trinajstić information content (AvgIpc) is 3.54. The van der Waals surface area contributed by atoms with Crippen LogP contribution in [-0.4, -0.2) is 96.5 Å². The normalized spacial score (nSPS) is 19.4. The van der Waals surface area contributed by atoms with Gasteiger partial charge in [-0.25, -0.2) is 23.6 Å². The van der Waals surface area contributed by atoms with Crippen LogP contribution < -0.4 is 9.44 Å². The third-order valence-corrected chi connectivity index (χ3v) is 7.88. The van der Waals surface area contributed by atoms with Crippen LogP contribution in [0.4, 0.5) is 14.4 Å². The van der Waals surface area contributed by atoms with Gasteiger partial charge in [-0.1, -0.05) is 0 Å². The lowest BCUT2D eigenvalue weighted by atomic mass is 10.1. The zero-order valence-corrected chi connectivity index (χ0v) is 25.6. The van der Waals surface area contributed by atoms with Crippen molar-refractivity contribution in [1.29, 1.82) is 0 Å². The highest BCUT2D eigenvalue weighted by Crippen LogP contribution is 2.52. The first-order valence-electron chi connectivity index (χ1n) is 12.9. The SMILES string of the molecule is CC(=O)OCCN(CCOC(=O)/P=N/P)C(=O)OCCOCCNS(=O)(=O)NC(=O)OC[C@@H]1[C@@H]2CCC#CCC[C@@H]21. The highest BCUT2D eigenvalue weighted by atomic mass is 32.2. The number of nitrogens with one attached hydrogen (secondary N) is 2. The van der Waals surface area contributed by atoms with Gasteiger partial charge >= 0.3 is 34.1 Å². The molecule has 0 saturated heterocycles. The van der Waals surface area contributed by atoms with E-state index in [4.69, 9.17) is 23.7 Å². The van der Waals surface area contributed by atoms with Gasteiger partial charge in [-0.2, -0.15) is 13.1 Å². The molecule has 0 aromatic carbocycles. The van der Waals surface area contributed by atoms with Crippen molar-refractivity contribution >= 4 is 51.8 Å². The topological polar surface area (TPSA) is 188 Å². The van der Waals surface area contributed by atoms with E-state index in [1.165, 1.54) is 11.8 Å². The molecule has 1 fully saturated rings. The van der Waals surface area contributed by atoms with Gasteiger partial charge in [0.15, 0.2) is 0 Å². The summed E-state index contributed by atoms with van der Waals surface area (Å²) in [7, 11) is -2.02. The number of rotatable bonds is 17. The molecule has 1 unspecified atom stereocenters. The molecule has 4 atom stereocenters. The van der Waals surface area contributed by atoms with Crippen LogP contribution in [0.5, 0.6) is 0 Å². The Balaban J connectivity index is 1.58. The van der Waals surface area contributed by atoms with Crippen LogP contribution in [0.3, 0.4) is 0 Å². The molecule has 0 aromatic rings. The van der Waals surface area contributed by atoms with Gasteiger partial charge in [-0.05, 0) is 40.0 Å². The van der Waals surface area contributed by atoms with Gasteiger partial charge in [0.2, 0.25) is 0 Å². The van der Waals surface area contributed by atoms with E-state index in [0.717, 1.165) is 25.7 Å².